The maximum Gasteiger partial charge on any atom is 0.419 e. The molecule has 1 atom stereocenters. The number of fused-ring (bicyclic) bond motifs is 1. The van der Waals surface area contributed by atoms with Gasteiger partial charge in [0.15, 0.2) is 9.84 Å². The third kappa shape index (κ3) is 5.22. The molecular weight excluding hydrogens is 556 g/mol. The van der Waals surface area contributed by atoms with Crippen LogP contribution in [0.5, 0.6) is 0 Å². The first-order valence-corrected chi connectivity index (χ1v) is 13.4. The van der Waals surface area contributed by atoms with Gasteiger partial charge in [-0.05, 0) is 41.0 Å². The van der Waals surface area contributed by atoms with Crippen molar-refractivity contribution in [1.82, 2.24) is 10.2 Å². The van der Waals surface area contributed by atoms with Crippen LogP contribution in [0.25, 0.3) is 0 Å². The first-order valence-electron chi connectivity index (χ1n) is 11.5. The summed E-state index contributed by atoms with van der Waals surface area (Å²) in [5.74, 6) is -1.29. The van der Waals surface area contributed by atoms with Crippen molar-refractivity contribution in [3.63, 3.8) is 0 Å². The van der Waals surface area contributed by atoms with Gasteiger partial charge >= 0.3 is 12.4 Å². The number of anilines is 1. The van der Waals surface area contributed by atoms with E-state index in [4.69, 9.17) is 4.74 Å². The van der Waals surface area contributed by atoms with E-state index in [2.05, 4.69) is 5.32 Å². The highest BCUT2D eigenvalue weighted by molar-refractivity contribution is 7.90. The topological polar surface area (TPSA) is 105 Å². The molecule has 1 unspecified atom stereocenters. The van der Waals surface area contributed by atoms with Crippen LogP contribution in [0.2, 0.25) is 0 Å². The summed E-state index contributed by atoms with van der Waals surface area (Å²) in [6.45, 7) is 0.500. The smallest absolute Gasteiger partial charge is 0.378 e. The number of hydrogen-bond acceptors (Lipinski definition) is 6. The lowest BCUT2D eigenvalue weighted by Gasteiger charge is -2.43. The van der Waals surface area contributed by atoms with Gasteiger partial charge in [0.05, 0.1) is 24.2 Å². The van der Waals surface area contributed by atoms with E-state index in [0.717, 1.165) is 18.4 Å². The molecule has 0 radical (unpaired) electrons. The molecule has 2 aromatic carbocycles. The Labute approximate surface area is 219 Å². The number of benzene rings is 2. The van der Waals surface area contributed by atoms with E-state index in [1.807, 2.05) is 0 Å². The third-order valence-corrected chi connectivity index (χ3v) is 7.75. The summed E-state index contributed by atoms with van der Waals surface area (Å²) in [5.41, 5.74) is -4.86. The highest BCUT2D eigenvalue weighted by atomic mass is 32.2. The fraction of sp³-hybridized carbons (Fsp3) is 0.417. The van der Waals surface area contributed by atoms with E-state index in [1.54, 1.807) is 5.32 Å². The Bertz CT molecular complexity index is 1370. The van der Waals surface area contributed by atoms with Crippen LogP contribution in [0.1, 0.15) is 29.7 Å². The van der Waals surface area contributed by atoms with Crippen molar-refractivity contribution in [2.75, 3.05) is 24.8 Å². The molecule has 4 rings (SSSR count). The summed E-state index contributed by atoms with van der Waals surface area (Å²) in [5, 5.41) is 4.08. The van der Waals surface area contributed by atoms with Gasteiger partial charge in [-0.25, -0.2) is 8.42 Å². The van der Waals surface area contributed by atoms with Crippen LogP contribution in [0.15, 0.2) is 47.4 Å². The molecule has 0 aromatic heterocycles. The Kier molecular flexibility index (Phi) is 7.23. The summed E-state index contributed by atoms with van der Waals surface area (Å²) in [7, 11) is -3.57. The zero-order valence-electron chi connectivity index (χ0n) is 20.5. The molecule has 1 fully saturated rings. The number of sulfone groups is 1. The molecule has 2 aromatic rings. The Hall–Kier alpha value is -3.17. The predicted molar refractivity (Wildman–Crippen MR) is 125 cm³/mol. The van der Waals surface area contributed by atoms with Crippen LogP contribution in [0.3, 0.4) is 0 Å². The molecule has 2 amide bonds. The van der Waals surface area contributed by atoms with E-state index >= 15 is 0 Å². The Balaban J connectivity index is 1.64. The van der Waals surface area contributed by atoms with Gasteiger partial charge in [-0.2, -0.15) is 26.3 Å². The monoisotopic (exact) mass is 579 g/mol. The molecule has 0 saturated carbocycles. The third-order valence-electron chi connectivity index (χ3n) is 6.64. The van der Waals surface area contributed by atoms with Crippen LogP contribution < -0.4 is 10.6 Å². The zero-order chi connectivity index (χ0) is 29.0. The maximum absolute atomic E-state index is 14.0. The molecule has 8 nitrogen and oxygen atoms in total. The molecule has 212 valence electrons. The van der Waals surface area contributed by atoms with Crippen LogP contribution in [0.4, 0.5) is 32.0 Å². The largest absolute Gasteiger partial charge is 0.419 e. The number of hydrogen-bond donors (Lipinski definition) is 2. The molecule has 0 bridgehead atoms. The number of nitrogens with zero attached hydrogens (tertiary/aromatic N) is 1. The number of rotatable bonds is 6. The minimum Gasteiger partial charge on any atom is -0.378 e. The second-order valence-electron chi connectivity index (χ2n) is 9.37. The quantitative estimate of drug-likeness (QED) is 0.509. The summed E-state index contributed by atoms with van der Waals surface area (Å²) in [6, 6.07) is 4.68. The number of amides is 2. The molecule has 2 N–H and O–H groups in total. The van der Waals surface area contributed by atoms with Crippen molar-refractivity contribution >= 4 is 27.3 Å². The van der Waals surface area contributed by atoms with Crippen molar-refractivity contribution in [3.05, 3.63) is 59.2 Å². The Morgan fingerprint density at radius 1 is 0.974 bits per heavy atom. The minimum absolute atomic E-state index is 0.0127. The number of nitrogens with one attached hydrogen (secondary N) is 2. The molecule has 2 heterocycles. The highest BCUT2D eigenvalue weighted by Crippen LogP contribution is 2.51. The standard InChI is InChI=1S/C24H23F6N3O5S/c1-13(34)33-10-14-9-18(39(2,36)37)7-8-19(14)20(33)21(35)31-16-5-3-15(4-6-16)22(23(25,26)27,24(28,29)30)32-17-11-38-12-17/h3-9,17,20,32H,10-12H2,1-2H3,(H,31,35). The Morgan fingerprint density at radius 2 is 1.56 bits per heavy atom. The fourth-order valence-corrected chi connectivity index (χ4v) is 5.28. The molecule has 1 saturated heterocycles. The van der Waals surface area contributed by atoms with Crippen molar-refractivity contribution in [1.29, 1.82) is 0 Å². The van der Waals surface area contributed by atoms with Gasteiger partial charge < -0.3 is 15.0 Å². The summed E-state index contributed by atoms with van der Waals surface area (Å²) < 4.78 is 112. The molecule has 2 aliphatic heterocycles. The van der Waals surface area contributed by atoms with Crippen LogP contribution in [-0.2, 0) is 36.2 Å². The minimum atomic E-state index is -5.76. The molecule has 0 spiro atoms. The number of carbonyl (C=O) groups is 2. The molecule has 15 heteroatoms. The van der Waals surface area contributed by atoms with Gasteiger partial charge in [0.25, 0.3) is 5.91 Å². The number of halogens is 6. The van der Waals surface area contributed by atoms with Crippen molar-refractivity contribution in [3.8, 4) is 0 Å². The molecule has 39 heavy (non-hydrogen) atoms. The van der Waals surface area contributed by atoms with Crippen LogP contribution in [0, 0.1) is 0 Å². The number of alkyl halides is 6. The normalized spacial score (nSPS) is 18.5. The SMILES string of the molecule is CC(=O)N1Cc2cc(S(C)(=O)=O)ccc2C1C(=O)Nc1ccc(C(NC2COC2)(C(F)(F)F)C(F)(F)F)cc1. The zero-order valence-corrected chi connectivity index (χ0v) is 21.3. The second-order valence-corrected chi connectivity index (χ2v) is 11.4. The van der Waals surface area contributed by atoms with Gasteiger partial charge in [-0.15, -0.1) is 0 Å². The summed E-state index contributed by atoms with van der Waals surface area (Å²) >= 11 is 0. The van der Waals surface area contributed by atoms with Crippen LogP contribution >= 0.6 is 0 Å². The molecular formula is C24H23F6N3O5S. The highest BCUT2D eigenvalue weighted by Gasteiger charge is 2.72. The summed E-state index contributed by atoms with van der Waals surface area (Å²) in [6.07, 6.45) is -10.5. The average molecular weight is 580 g/mol. The lowest BCUT2D eigenvalue weighted by molar-refractivity contribution is -0.319. The van der Waals surface area contributed by atoms with E-state index in [9.17, 15) is 44.3 Å². The predicted octanol–water partition coefficient (Wildman–Crippen LogP) is 3.44. The van der Waals surface area contributed by atoms with Gasteiger partial charge in [0, 0.05) is 25.4 Å². The fourth-order valence-electron chi connectivity index (χ4n) is 4.61. The van der Waals surface area contributed by atoms with Crippen molar-refractivity contribution in [2.45, 2.75) is 48.3 Å². The number of carbonyl (C=O) groups excluding carboxylic acids is 2. The first kappa shape index (κ1) is 28.8. The van der Waals surface area contributed by atoms with Gasteiger partial charge in [-0.1, -0.05) is 18.2 Å². The second kappa shape index (κ2) is 9.78. The molecule has 0 aliphatic carbocycles. The van der Waals surface area contributed by atoms with Gasteiger partial charge in [-0.3, -0.25) is 14.9 Å². The van der Waals surface area contributed by atoms with E-state index < -0.39 is 57.2 Å². The van der Waals surface area contributed by atoms with Gasteiger partial charge in [0.2, 0.25) is 11.4 Å². The Morgan fingerprint density at radius 3 is 2.03 bits per heavy atom. The lowest BCUT2D eigenvalue weighted by Crippen LogP contribution is -2.68. The number of ether oxygens (including phenoxy) is 1. The van der Waals surface area contributed by atoms with E-state index in [1.165, 1.54) is 30.0 Å². The van der Waals surface area contributed by atoms with Crippen LogP contribution in [-0.4, -0.2) is 63.0 Å². The first-order chi connectivity index (χ1) is 18.0. The van der Waals surface area contributed by atoms with Crippen molar-refractivity contribution in [2.24, 2.45) is 0 Å². The van der Waals surface area contributed by atoms with E-state index in [-0.39, 0.29) is 30.3 Å². The van der Waals surface area contributed by atoms with Crippen molar-refractivity contribution < 1.29 is 49.1 Å². The lowest BCUT2D eigenvalue weighted by atomic mass is 9.86. The molecule has 2 aliphatic rings. The van der Waals surface area contributed by atoms with Gasteiger partial charge in [0.1, 0.15) is 6.04 Å². The maximum atomic E-state index is 14.0. The average Bonchev–Trinajstić information content (AvgIpc) is 3.16. The summed E-state index contributed by atoms with van der Waals surface area (Å²) in [4.78, 5) is 26.5. The van der Waals surface area contributed by atoms with E-state index in [0.29, 0.717) is 23.3 Å².